The van der Waals surface area contributed by atoms with Crippen molar-refractivity contribution in [2.75, 3.05) is 11.3 Å². The molecule has 0 aliphatic carbocycles. The number of halogens is 1. The second-order valence-corrected chi connectivity index (χ2v) is 6.73. The van der Waals surface area contributed by atoms with Crippen molar-refractivity contribution in [3.05, 3.63) is 70.2 Å². The molecule has 24 heavy (non-hydrogen) atoms. The summed E-state index contributed by atoms with van der Waals surface area (Å²) in [5.74, 6) is 7.16. The lowest BCUT2D eigenvalue weighted by Gasteiger charge is -2.03. The molecule has 0 aliphatic heterocycles. The van der Waals surface area contributed by atoms with Crippen LogP contribution in [0.25, 0.3) is 0 Å². The third-order valence-corrected chi connectivity index (χ3v) is 4.61. The monoisotopic (exact) mass is 402 g/mol. The lowest BCUT2D eigenvalue weighted by molar-refractivity contribution is 0.847. The fraction of sp³-hybridized carbons (Fsp3) is 0.0625. The zero-order valence-electron chi connectivity index (χ0n) is 12.6. The molecule has 0 saturated heterocycles. The van der Waals surface area contributed by atoms with Crippen molar-refractivity contribution < 1.29 is 0 Å². The van der Waals surface area contributed by atoms with Crippen molar-refractivity contribution in [3.8, 4) is 0 Å². The Morgan fingerprint density at radius 3 is 2.79 bits per heavy atom. The molecular weight excluding hydrogens is 388 g/mol. The van der Waals surface area contributed by atoms with Crippen LogP contribution in [0.15, 0.2) is 69.3 Å². The number of hydrogen-bond acceptors (Lipinski definition) is 6. The molecule has 6 nitrogen and oxygen atoms in total. The van der Waals surface area contributed by atoms with E-state index < -0.39 is 0 Å². The first-order valence-corrected chi connectivity index (χ1v) is 8.92. The van der Waals surface area contributed by atoms with Crippen LogP contribution in [0.2, 0.25) is 0 Å². The number of hydrazone groups is 1. The van der Waals surface area contributed by atoms with Gasteiger partial charge in [0.1, 0.15) is 0 Å². The van der Waals surface area contributed by atoms with E-state index in [2.05, 4.69) is 48.8 Å². The summed E-state index contributed by atoms with van der Waals surface area (Å²) in [6.45, 7) is 0. The van der Waals surface area contributed by atoms with Gasteiger partial charge >= 0.3 is 0 Å². The van der Waals surface area contributed by atoms with Gasteiger partial charge in [-0.2, -0.15) is 5.10 Å². The normalized spacial score (nSPS) is 11.0. The number of anilines is 1. The van der Waals surface area contributed by atoms with Gasteiger partial charge in [-0.1, -0.05) is 70.2 Å². The lowest BCUT2D eigenvalue weighted by atomic mass is 10.2. The number of benzene rings is 2. The first-order valence-electron chi connectivity index (χ1n) is 7.14. The van der Waals surface area contributed by atoms with E-state index in [0.717, 1.165) is 15.8 Å². The summed E-state index contributed by atoms with van der Waals surface area (Å²) in [4.78, 5) is 0. The van der Waals surface area contributed by atoms with Crippen molar-refractivity contribution in [1.29, 1.82) is 0 Å². The molecule has 0 unspecified atom stereocenters. The maximum atomic E-state index is 6.00. The fourth-order valence-electron chi connectivity index (χ4n) is 1.93. The first-order chi connectivity index (χ1) is 11.7. The van der Waals surface area contributed by atoms with Crippen LogP contribution in [0, 0.1) is 0 Å². The van der Waals surface area contributed by atoms with Gasteiger partial charge in [0.25, 0.3) is 5.95 Å². The van der Waals surface area contributed by atoms with Crippen molar-refractivity contribution >= 4 is 39.9 Å². The zero-order chi connectivity index (χ0) is 16.8. The Balaban J connectivity index is 1.60. The molecule has 8 heteroatoms. The van der Waals surface area contributed by atoms with E-state index in [4.69, 9.17) is 5.84 Å². The van der Waals surface area contributed by atoms with E-state index in [1.807, 2.05) is 42.5 Å². The van der Waals surface area contributed by atoms with Crippen LogP contribution in [-0.4, -0.2) is 21.1 Å². The van der Waals surface area contributed by atoms with Gasteiger partial charge in [-0.3, -0.25) is 0 Å². The number of thioether (sulfide) groups is 1. The molecule has 2 aromatic carbocycles. The molecule has 0 bridgehead atoms. The second kappa shape index (κ2) is 7.98. The number of aromatic nitrogens is 3. The second-order valence-electron chi connectivity index (χ2n) is 4.88. The van der Waals surface area contributed by atoms with E-state index >= 15 is 0 Å². The number of nitrogens with two attached hydrogens (primary N) is 1. The Kier molecular flexibility index (Phi) is 5.50. The minimum absolute atomic E-state index is 0.386. The van der Waals surface area contributed by atoms with Gasteiger partial charge in [0, 0.05) is 10.2 Å². The molecule has 0 atom stereocenters. The molecule has 0 aliphatic rings. The van der Waals surface area contributed by atoms with Crippen LogP contribution >= 0.6 is 27.7 Å². The van der Waals surface area contributed by atoms with Crippen LogP contribution in [0.1, 0.15) is 11.1 Å². The maximum absolute atomic E-state index is 6.00. The number of rotatable bonds is 6. The van der Waals surface area contributed by atoms with Crippen LogP contribution < -0.4 is 11.3 Å². The molecule has 0 radical (unpaired) electrons. The van der Waals surface area contributed by atoms with Crippen LogP contribution in [-0.2, 0) is 5.75 Å². The minimum atomic E-state index is 0.386. The fourth-order valence-corrected chi connectivity index (χ4v) is 3.15. The highest BCUT2D eigenvalue weighted by atomic mass is 79.9. The van der Waals surface area contributed by atoms with Crippen LogP contribution in [0.4, 0.5) is 5.95 Å². The summed E-state index contributed by atoms with van der Waals surface area (Å²) in [5.41, 5.74) is 4.96. The van der Waals surface area contributed by atoms with Crippen molar-refractivity contribution in [2.45, 2.75) is 10.9 Å². The Morgan fingerprint density at radius 1 is 1.17 bits per heavy atom. The van der Waals surface area contributed by atoms with Crippen molar-refractivity contribution in [1.82, 2.24) is 14.9 Å². The molecule has 1 heterocycles. The molecule has 3 aromatic rings. The summed E-state index contributed by atoms with van der Waals surface area (Å²) in [6.07, 6.45) is 1.69. The highest BCUT2D eigenvalue weighted by molar-refractivity contribution is 9.10. The molecule has 0 fully saturated rings. The molecule has 122 valence electrons. The van der Waals surface area contributed by atoms with Gasteiger partial charge in [0.15, 0.2) is 0 Å². The Labute approximate surface area is 152 Å². The highest BCUT2D eigenvalue weighted by Gasteiger charge is 2.09. The average Bonchev–Trinajstić information content (AvgIpc) is 2.94. The predicted molar refractivity (Wildman–Crippen MR) is 102 cm³/mol. The minimum Gasteiger partial charge on any atom is -0.334 e. The van der Waals surface area contributed by atoms with Gasteiger partial charge in [0.2, 0.25) is 5.16 Å². The largest absolute Gasteiger partial charge is 0.334 e. The SMILES string of the molecule is Nn1c(N/N=C/c2cccc(Br)c2)nnc1SCc1ccccc1. The first kappa shape index (κ1) is 16.5. The third kappa shape index (κ3) is 4.36. The molecule has 3 N–H and O–H groups in total. The van der Waals surface area contributed by atoms with E-state index in [-0.39, 0.29) is 0 Å². The zero-order valence-corrected chi connectivity index (χ0v) is 15.0. The van der Waals surface area contributed by atoms with Crippen molar-refractivity contribution in [2.24, 2.45) is 5.10 Å². The summed E-state index contributed by atoms with van der Waals surface area (Å²) in [7, 11) is 0. The van der Waals surface area contributed by atoms with Gasteiger partial charge in [-0.25, -0.2) is 10.1 Å². The quantitative estimate of drug-likeness (QED) is 0.285. The van der Waals surface area contributed by atoms with Gasteiger partial charge in [-0.15, -0.1) is 10.2 Å². The summed E-state index contributed by atoms with van der Waals surface area (Å²) >= 11 is 4.94. The maximum Gasteiger partial charge on any atom is 0.264 e. The summed E-state index contributed by atoms with van der Waals surface area (Å²) < 4.78 is 2.39. The van der Waals surface area contributed by atoms with E-state index in [1.165, 1.54) is 22.0 Å². The standard InChI is InChI=1S/C16H15BrN6S/c17-14-8-4-7-13(9-14)10-19-20-15-21-22-16(23(15)18)24-11-12-5-2-1-3-6-12/h1-10H,11,18H2,(H,20,21)/b19-10+. The van der Waals surface area contributed by atoms with E-state index in [9.17, 15) is 0 Å². The highest BCUT2D eigenvalue weighted by Crippen LogP contribution is 2.21. The third-order valence-electron chi connectivity index (χ3n) is 3.10. The van der Waals surface area contributed by atoms with E-state index in [1.54, 1.807) is 6.21 Å². The Bertz CT molecular complexity index is 834. The van der Waals surface area contributed by atoms with Crippen LogP contribution in [0.5, 0.6) is 0 Å². The topological polar surface area (TPSA) is 81.1 Å². The number of hydrogen-bond donors (Lipinski definition) is 2. The lowest BCUT2D eigenvalue weighted by Crippen LogP contribution is -2.13. The summed E-state index contributed by atoms with van der Waals surface area (Å²) in [5, 5.41) is 12.8. The summed E-state index contributed by atoms with van der Waals surface area (Å²) in [6, 6.07) is 17.9. The molecule has 0 amide bonds. The number of nitrogen functional groups attached to an aromatic ring is 1. The molecule has 0 spiro atoms. The molecule has 3 rings (SSSR count). The van der Waals surface area contributed by atoms with Crippen molar-refractivity contribution in [3.63, 3.8) is 0 Å². The molecule has 1 aromatic heterocycles. The van der Waals surface area contributed by atoms with Gasteiger partial charge in [0.05, 0.1) is 6.21 Å². The van der Waals surface area contributed by atoms with Gasteiger partial charge < -0.3 is 5.84 Å². The molecular formula is C16H15BrN6S. The smallest absolute Gasteiger partial charge is 0.264 e. The van der Waals surface area contributed by atoms with Crippen LogP contribution in [0.3, 0.4) is 0 Å². The Morgan fingerprint density at radius 2 is 2.00 bits per heavy atom. The average molecular weight is 403 g/mol. The number of nitrogens with one attached hydrogen (secondary N) is 1. The molecule has 0 saturated carbocycles. The number of nitrogens with zero attached hydrogens (tertiary/aromatic N) is 4. The van der Waals surface area contributed by atoms with E-state index in [0.29, 0.717) is 11.1 Å². The predicted octanol–water partition coefficient (Wildman–Crippen LogP) is 3.49. The van der Waals surface area contributed by atoms with Gasteiger partial charge in [-0.05, 0) is 23.3 Å². The Hall–Kier alpha value is -2.32.